The van der Waals surface area contributed by atoms with Gasteiger partial charge in [-0.2, -0.15) is 0 Å². The van der Waals surface area contributed by atoms with Crippen LogP contribution < -0.4 is 57.5 Å². The van der Waals surface area contributed by atoms with E-state index in [0.717, 1.165) is 18.2 Å². The number of carbonyl (C=O) groups excluding carboxylic acids is 4. The molecule has 4 aliphatic rings. The summed E-state index contributed by atoms with van der Waals surface area (Å²) in [7, 11) is 0.230. The first kappa shape index (κ1) is 50.3. The number of nitrogens with one attached hydrogen (secondary N) is 2. The second-order valence-electron chi connectivity index (χ2n) is 14.8. The summed E-state index contributed by atoms with van der Waals surface area (Å²) in [6.07, 6.45) is -1.91. The van der Waals surface area contributed by atoms with Gasteiger partial charge in [-0.25, -0.2) is 17.6 Å². The van der Waals surface area contributed by atoms with Crippen LogP contribution in [-0.2, 0) is 13.1 Å². The molecule has 0 radical (unpaired) electrons. The van der Waals surface area contributed by atoms with Crippen molar-refractivity contribution in [2.24, 2.45) is 0 Å². The summed E-state index contributed by atoms with van der Waals surface area (Å²) < 4.78 is 77.5. The number of benzene rings is 2. The number of aromatic nitrogens is 2. The van der Waals surface area contributed by atoms with Crippen LogP contribution in [0.15, 0.2) is 46.0 Å². The molecule has 2 aromatic heterocycles. The Bertz CT molecular complexity index is 2680. The van der Waals surface area contributed by atoms with Crippen LogP contribution in [0.4, 0.5) is 22.0 Å². The second kappa shape index (κ2) is 21.1. The molecule has 6 heterocycles. The monoisotopic (exact) mass is 929 g/mol. The van der Waals surface area contributed by atoms with Crippen molar-refractivity contribution in [1.82, 2.24) is 29.6 Å². The molecule has 5 N–H and O–H groups in total. The van der Waals surface area contributed by atoms with E-state index in [1.807, 2.05) is 0 Å². The number of rotatable bonds is 9. The third-order valence-electron chi connectivity index (χ3n) is 11.4. The molecular formula is C42H43ClF5LiN6O10. The molecule has 0 spiro atoms. The number of hydrogen-bond acceptors (Lipinski definition) is 10. The van der Waals surface area contributed by atoms with Crippen molar-refractivity contribution in [3.05, 3.63) is 125 Å². The van der Waals surface area contributed by atoms with Crippen molar-refractivity contribution in [3.8, 4) is 11.5 Å². The van der Waals surface area contributed by atoms with Crippen molar-refractivity contribution in [3.63, 3.8) is 0 Å². The molecule has 0 saturated carbocycles. The third kappa shape index (κ3) is 9.38. The van der Waals surface area contributed by atoms with Crippen LogP contribution in [0, 0.1) is 23.3 Å². The Morgan fingerprint density at radius 1 is 0.754 bits per heavy atom. The van der Waals surface area contributed by atoms with Crippen LogP contribution in [0.25, 0.3) is 0 Å². The molecule has 4 aliphatic heterocycles. The molecule has 23 heteroatoms. The van der Waals surface area contributed by atoms with Gasteiger partial charge in [0.2, 0.25) is 10.9 Å². The van der Waals surface area contributed by atoms with Gasteiger partial charge in [0.05, 0.1) is 51.3 Å². The predicted octanol–water partition coefficient (Wildman–Crippen LogP) is -2.67. The van der Waals surface area contributed by atoms with E-state index in [9.17, 15) is 66.0 Å². The summed E-state index contributed by atoms with van der Waals surface area (Å²) in [5, 5.41) is 36.4. The van der Waals surface area contributed by atoms with Gasteiger partial charge < -0.3 is 62.0 Å². The van der Waals surface area contributed by atoms with E-state index >= 15 is 0 Å². The number of aromatic hydroxyl groups is 1. The van der Waals surface area contributed by atoms with Gasteiger partial charge in [-0.15, -0.1) is 0 Å². The van der Waals surface area contributed by atoms with Crippen LogP contribution in [0.5, 0.6) is 11.5 Å². The molecule has 4 atom stereocenters. The van der Waals surface area contributed by atoms with Crippen LogP contribution in [0.2, 0.25) is 0 Å². The average Bonchev–Trinajstić information content (AvgIpc) is 3.75. The quantitative estimate of drug-likeness (QED) is 0.0869. The minimum absolute atomic E-state index is 0. The number of pyridine rings is 2. The molecule has 344 valence electrons. The maximum absolute atomic E-state index is 13.9. The number of amides is 4. The Kier molecular flexibility index (Phi) is 16.3. The average molecular weight is 930 g/mol. The number of carbonyl (C=O) groups is 4. The Labute approximate surface area is 387 Å². The number of hydrogen-bond donors (Lipinski definition) is 5. The van der Waals surface area contributed by atoms with E-state index < -0.39 is 94.5 Å². The normalized spacial score (nSPS) is 18.6. The largest absolute Gasteiger partial charge is 1.00 e. The first-order valence-electron chi connectivity index (χ1n) is 20.3. The number of alkyl halides is 1. The van der Waals surface area contributed by atoms with Gasteiger partial charge in [-0.3, -0.25) is 33.2 Å². The summed E-state index contributed by atoms with van der Waals surface area (Å²) in [6.45, 7) is 4.32. The number of aliphatic hydroxyl groups is 2. The van der Waals surface area contributed by atoms with Gasteiger partial charge in [-0.05, 0) is 26.0 Å². The van der Waals surface area contributed by atoms with E-state index in [1.54, 1.807) is 18.7 Å². The minimum atomic E-state index is -1.19. The number of halogens is 6. The van der Waals surface area contributed by atoms with E-state index in [4.69, 9.17) is 6.11 Å². The van der Waals surface area contributed by atoms with Crippen molar-refractivity contribution in [1.29, 1.82) is 0 Å². The Morgan fingerprint density at radius 3 is 1.55 bits per heavy atom. The van der Waals surface area contributed by atoms with Crippen molar-refractivity contribution in [2.75, 3.05) is 40.4 Å². The summed E-state index contributed by atoms with van der Waals surface area (Å²) in [4.78, 5) is 80.1. The standard InChI is InChI=1S/C21H21F2N3O5.C20H19F2N3O5.CH3F.ClH.Li/c1-3-25-9-12-7-14(27)16-15(18(28)19(31-2)17(21(25)30)26(12)16)20(29)24-8-10-4-5-11(22)6-13(10)23;1-2-24-8-11-6-13(26)15-14(17(27)18(28)16(20(24)30)25(11)15)19(29)23-7-9-3-4-10(21)5-12(9)22;1-2;;/h4-6,12,14,27H,3,7-9H2,1-2H3,(H,24,29);3-5,11,13,26,28H,2,6-8H2,1H3,(H,23,29);1H3;1H;/q;;;;+1/p-1/i;;1D;;. The molecular weight excluding hydrogens is 886 g/mol. The fraction of sp³-hybridized carbons (Fsp3) is 0.381. The van der Waals surface area contributed by atoms with Crippen molar-refractivity contribution >= 4 is 23.6 Å². The maximum atomic E-state index is 13.9. The van der Waals surface area contributed by atoms with E-state index in [-0.39, 0.29) is 115 Å². The Hall–Kier alpha value is -5.72. The molecule has 0 fully saturated rings. The SMILES string of the molecule is CCN1CC2CC(O)c3c(C(=O)NCc4ccc(F)cc4F)c(=O)c(O)c(n32)C1=O.CCN1CC2CC(O)c3c(C(=O)NCc4ccc(F)cc4F)c(=O)c(OC)c(n32)C1=O.[2H]CF.[Cl-].[Li+]. The predicted molar refractivity (Wildman–Crippen MR) is 212 cm³/mol. The summed E-state index contributed by atoms with van der Waals surface area (Å²) in [5.41, 5.74) is -2.96. The van der Waals surface area contributed by atoms with Crippen molar-refractivity contribution in [2.45, 2.75) is 64.1 Å². The van der Waals surface area contributed by atoms with E-state index in [1.165, 1.54) is 27.2 Å². The molecule has 4 unspecified atom stereocenters. The molecule has 4 aromatic rings. The summed E-state index contributed by atoms with van der Waals surface area (Å²) >= 11 is 0. The number of aliphatic hydroxyl groups excluding tert-OH is 2. The third-order valence-corrected chi connectivity index (χ3v) is 11.4. The first-order valence-corrected chi connectivity index (χ1v) is 19.6. The first-order chi connectivity index (χ1) is 30.4. The number of nitrogens with zero attached hydrogens (tertiary/aromatic N) is 4. The molecule has 0 bridgehead atoms. The zero-order chi connectivity index (χ0) is 46.9. The molecule has 8 rings (SSSR count). The van der Waals surface area contributed by atoms with Gasteiger partial charge in [0.25, 0.3) is 23.6 Å². The maximum Gasteiger partial charge on any atom is 1.00 e. The fourth-order valence-electron chi connectivity index (χ4n) is 8.47. The zero-order valence-corrected chi connectivity index (χ0v) is 36.1. The van der Waals surface area contributed by atoms with Crippen LogP contribution in [-0.4, -0.2) is 98.3 Å². The van der Waals surface area contributed by atoms with Crippen LogP contribution in [0.1, 0.15) is 117 Å². The molecule has 0 saturated heterocycles. The molecule has 65 heavy (non-hydrogen) atoms. The number of likely N-dealkylation sites (N-methyl/N-ethyl adjacent to an activating group) is 2. The smallest absolute Gasteiger partial charge is 1.00 e. The number of ether oxygens (including phenoxy) is 1. The van der Waals surface area contributed by atoms with Gasteiger partial charge >= 0.3 is 18.9 Å². The summed E-state index contributed by atoms with van der Waals surface area (Å²) in [6, 6.07) is 5.08. The summed E-state index contributed by atoms with van der Waals surface area (Å²) in [5.74, 6) is -7.11. The topological polar surface area (TPSA) is 213 Å². The van der Waals surface area contributed by atoms with Gasteiger partial charge in [0.1, 0.15) is 34.4 Å². The van der Waals surface area contributed by atoms with Crippen LogP contribution >= 0.6 is 0 Å². The van der Waals surface area contributed by atoms with Crippen molar-refractivity contribution < 1.29 is 93.8 Å². The van der Waals surface area contributed by atoms with E-state index in [2.05, 4.69) is 10.6 Å². The molecule has 4 amide bonds. The molecule has 16 nitrogen and oxygen atoms in total. The second-order valence-corrected chi connectivity index (χ2v) is 14.8. The Balaban J connectivity index is 0.000000265. The molecule has 2 aromatic carbocycles. The van der Waals surface area contributed by atoms with Gasteiger partial charge in [-0.1, -0.05) is 12.1 Å². The number of methoxy groups -OCH3 is 1. The zero-order valence-electron chi connectivity index (χ0n) is 36.4. The fourth-order valence-corrected chi connectivity index (χ4v) is 8.47. The minimum Gasteiger partial charge on any atom is -1.00 e. The Morgan fingerprint density at radius 2 is 1.15 bits per heavy atom. The molecule has 0 aliphatic carbocycles. The van der Waals surface area contributed by atoms with Crippen LogP contribution in [0.3, 0.4) is 0 Å². The van der Waals surface area contributed by atoms with Gasteiger partial charge in [0.15, 0.2) is 22.9 Å². The van der Waals surface area contributed by atoms with Gasteiger partial charge in [0, 0.05) is 75.4 Å². The van der Waals surface area contributed by atoms with E-state index in [0.29, 0.717) is 31.8 Å².